The molecule has 2 aromatic carbocycles. The van der Waals surface area contributed by atoms with Gasteiger partial charge in [-0.3, -0.25) is 9.79 Å². The minimum absolute atomic E-state index is 0.00415. The number of guanidine groups is 1. The first-order valence-corrected chi connectivity index (χ1v) is 10.3. The fraction of sp³-hybridized carbons (Fsp3) is 0.391. The molecule has 160 valence electrons. The van der Waals surface area contributed by atoms with Crippen LogP contribution in [0.4, 0.5) is 5.69 Å². The third-order valence-corrected chi connectivity index (χ3v) is 5.16. The second-order valence-electron chi connectivity index (χ2n) is 7.20. The number of aliphatic imine (C=N–C) groups is 1. The number of nitrogens with one attached hydrogen (secondary N) is 1. The summed E-state index contributed by atoms with van der Waals surface area (Å²) in [7, 11) is 1.85. The quantitative estimate of drug-likeness (QED) is 0.514. The molecule has 0 aliphatic carbocycles. The van der Waals surface area contributed by atoms with E-state index in [1.807, 2.05) is 69.4 Å². The van der Waals surface area contributed by atoms with E-state index < -0.39 is 0 Å². The molecule has 3 N–H and O–H groups in total. The first-order chi connectivity index (χ1) is 14.5. The van der Waals surface area contributed by atoms with Gasteiger partial charge in [-0.25, -0.2) is 0 Å². The lowest BCUT2D eigenvalue weighted by Crippen LogP contribution is -2.27. The van der Waals surface area contributed by atoms with Gasteiger partial charge in [0, 0.05) is 32.0 Å². The van der Waals surface area contributed by atoms with Crippen molar-refractivity contribution in [2.75, 3.05) is 32.1 Å². The van der Waals surface area contributed by atoms with Crippen LogP contribution in [-0.2, 0) is 4.79 Å². The van der Waals surface area contributed by atoms with Crippen molar-refractivity contribution in [3.8, 4) is 11.5 Å². The van der Waals surface area contributed by atoms with Gasteiger partial charge in [0.05, 0.1) is 24.9 Å². The van der Waals surface area contributed by atoms with Crippen LogP contribution in [0.3, 0.4) is 0 Å². The lowest BCUT2D eigenvalue weighted by molar-refractivity contribution is -0.127. The highest BCUT2D eigenvalue weighted by molar-refractivity contribution is 5.94. The Morgan fingerprint density at radius 3 is 2.60 bits per heavy atom. The third-order valence-electron chi connectivity index (χ3n) is 5.16. The zero-order valence-corrected chi connectivity index (χ0v) is 17.8. The standard InChI is InChI=1S/C23H30N4O3/c1-4-29-18-11-12-20(30-5-2)19(14-18)26-23(24)25-15-17-13-21(28)27(3)22(17)16-9-7-6-8-10-16/h6-12,14,17,22H,4-5,13,15H2,1-3H3,(H3,24,25,26). The van der Waals surface area contributed by atoms with Gasteiger partial charge in [-0.15, -0.1) is 0 Å². The van der Waals surface area contributed by atoms with E-state index in [-0.39, 0.29) is 23.8 Å². The normalized spacial score (nSPS) is 19.1. The largest absolute Gasteiger partial charge is 0.494 e. The van der Waals surface area contributed by atoms with E-state index in [4.69, 9.17) is 15.2 Å². The maximum absolute atomic E-state index is 12.3. The number of carbonyl (C=O) groups excluding carboxylic acids is 1. The molecule has 0 aromatic heterocycles. The highest BCUT2D eigenvalue weighted by Crippen LogP contribution is 2.37. The number of ether oxygens (including phenoxy) is 2. The predicted octanol–water partition coefficient (Wildman–Crippen LogP) is 3.43. The summed E-state index contributed by atoms with van der Waals surface area (Å²) in [4.78, 5) is 18.7. The molecule has 7 heteroatoms. The molecule has 1 amide bonds. The van der Waals surface area contributed by atoms with Gasteiger partial charge in [0.1, 0.15) is 11.5 Å². The van der Waals surface area contributed by atoms with Gasteiger partial charge in [0.2, 0.25) is 5.91 Å². The van der Waals surface area contributed by atoms with Gasteiger partial charge < -0.3 is 25.4 Å². The number of carbonyl (C=O) groups is 1. The molecule has 3 rings (SSSR count). The number of anilines is 1. The van der Waals surface area contributed by atoms with E-state index in [0.29, 0.717) is 37.6 Å². The summed E-state index contributed by atoms with van der Waals surface area (Å²) in [6, 6.07) is 15.6. The van der Waals surface area contributed by atoms with Crippen molar-refractivity contribution in [3.05, 3.63) is 54.1 Å². The number of nitrogens with zero attached hydrogens (tertiary/aromatic N) is 2. The minimum Gasteiger partial charge on any atom is -0.494 e. The van der Waals surface area contributed by atoms with Crippen molar-refractivity contribution < 1.29 is 14.3 Å². The number of nitrogens with two attached hydrogens (primary N) is 1. The smallest absolute Gasteiger partial charge is 0.223 e. The number of likely N-dealkylation sites (tertiary alicyclic amines) is 1. The topological polar surface area (TPSA) is 89.2 Å². The van der Waals surface area contributed by atoms with Crippen LogP contribution in [-0.4, -0.2) is 43.6 Å². The molecule has 1 saturated heterocycles. The molecule has 7 nitrogen and oxygen atoms in total. The molecule has 1 aliphatic rings. The Balaban J connectivity index is 1.74. The predicted molar refractivity (Wildman–Crippen MR) is 119 cm³/mol. The van der Waals surface area contributed by atoms with E-state index in [1.54, 1.807) is 4.90 Å². The zero-order valence-electron chi connectivity index (χ0n) is 17.8. The fourth-order valence-corrected chi connectivity index (χ4v) is 3.80. The SMILES string of the molecule is CCOc1ccc(OCC)c(NC(N)=NCC2CC(=O)N(C)C2c2ccccc2)c1. The van der Waals surface area contributed by atoms with Crippen LogP contribution in [0.1, 0.15) is 31.9 Å². The van der Waals surface area contributed by atoms with Crippen LogP contribution in [0.25, 0.3) is 0 Å². The van der Waals surface area contributed by atoms with Crippen molar-refractivity contribution in [2.45, 2.75) is 26.3 Å². The summed E-state index contributed by atoms with van der Waals surface area (Å²) in [6.07, 6.45) is 0.455. The zero-order chi connectivity index (χ0) is 21.5. The van der Waals surface area contributed by atoms with Crippen molar-refractivity contribution in [1.29, 1.82) is 0 Å². The van der Waals surface area contributed by atoms with Gasteiger partial charge in [0.25, 0.3) is 0 Å². The molecule has 1 fully saturated rings. The molecule has 1 aliphatic heterocycles. The fourth-order valence-electron chi connectivity index (χ4n) is 3.80. The Hall–Kier alpha value is -3.22. The van der Waals surface area contributed by atoms with Crippen LogP contribution in [0.15, 0.2) is 53.5 Å². The molecule has 2 atom stereocenters. The van der Waals surface area contributed by atoms with Crippen molar-refractivity contribution >= 4 is 17.6 Å². The monoisotopic (exact) mass is 410 g/mol. The minimum atomic E-state index is -0.00415. The molecule has 0 radical (unpaired) electrons. The molecule has 1 heterocycles. The summed E-state index contributed by atoms with van der Waals surface area (Å²) in [5.74, 6) is 1.86. The number of benzene rings is 2. The van der Waals surface area contributed by atoms with Crippen LogP contribution >= 0.6 is 0 Å². The number of amides is 1. The molecule has 2 aromatic rings. The molecule has 0 bridgehead atoms. The van der Waals surface area contributed by atoms with Crippen molar-refractivity contribution in [3.63, 3.8) is 0 Å². The highest BCUT2D eigenvalue weighted by Gasteiger charge is 2.38. The lowest BCUT2D eigenvalue weighted by Gasteiger charge is -2.24. The Bertz CT molecular complexity index is 885. The van der Waals surface area contributed by atoms with Gasteiger partial charge in [-0.05, 0) is 31.5 Å². The third kappa shape index (κ3) is 5.03. The van der Waals surface area contributed by atoms with E-state index in [2.05, 4.69) is 10.3 Å². The molecule has 2 unspecified atom stereocenters. The number of hydrogen-bond donors (Lipinski definition) is 2. The van der Waals surface area contributed by atoms with Crippen LogP contribution in [0.2, 0.25) is 0 Å². The number of rotatable bonds is 8. The van der Waals surface area contributed by atoms with Gasteiger partial charge in [0.15, 0.2) is 5.96 Å². The second kappa shape index (κ2) is 10.0. The lowest BCUT2D eigenvalue weighted by atomic mass is 9.94. The summed E-state index contributed by atoms with van der Waals surface area (Å²) >= 11 is 0. The summed E-state index contributed by atoms with van der Waals surface area (Å²) in [5.41, 5.74) is 7.98. The first-order valence-electron chi connectivity index (χ1n) is 10.3. The van der Waals surface area contributed by atoms with Crippen molar-refractivity contribution in [2.24, 2.45) is 16.6 Å². The molecular formula is C23H30N4O3. The molecule has 0 saturated carbocycles. The Morgan fingerprint density at radius 1 is 1.17 bits per heavy atom. The molecular weight excluding hydrogens is 380 g/mol. The van der Waals surface area contributed by atoms with Gasteiger partial charge in [-0.1, -0.05) is 30.3 Å². The van der Waals surface area contributed by atoms with Crippen LogP contribution in [0, 0.1) is 5.92 Å². The van der Waals surface area contributed by atoms with E-state index >= 15 is 0 Å². The first kappa shape index (κ1) is 21.5. The Kier molecular flexibility index (Phi) is 7.17. The summed E-state index contributed by atoms with van der Waals surface area (Å²) in [5, 5.41) is 3.12. The molecule has 30 heavy (non-hydrogen) atoms. The molecule has 0 spiro atoms. The summed E-state index contributed by atoms with van der Waals surface area (Å²) in [6.45, 7) is 5.41. The van der Waals surface area contributed by atoms with Crippen molar-refractivity contribution in [1.82, 2.24) is 4.90 Å². The van der Waals surface area contributed by atoms with E-state index in [0.717, 1.165) is 11.3 Å². The Morgan fingerprint density at radius 2 is 1.90 bits per heavy atom. The average molecular weight is 411 g/mol. The summed E-state index contributed by atoms with van der Waals surface area (Å²) < 4.78 is 11.2. The van der Waals surface area contributed by atoms with E-state index in [1.165, 1.54) is 0 Å². The average Bonchev–Trinajstić information content (AvgIpc) is 3.03. The number of hydrogen-bond acceptors (Lipinski definition) is 4. The maximum Gasteiger partial charge on any atom is 0.223 e. The van der Waals surface area contributed by atoms with Crippen LogP contribution < -0.4 is 20.5 Å². The second-order valence-corrected chi connectivity index (χ2v) is 7.20. The van der Waals surface area contributed by atoms with Gasteiger partial charge >= 0.3 is 0 Å². The van der Waals surface area contributed by atoms with Crippen LogP contribution in [0.5, 0.6) is 11.5 Å². The van der Waals surface area contributed by atoms with E-state index in [9.17, 15) is 4.79 Å². The maximum atomic E-state index is 12.3. The Labute approximate surface area is 177 Å². The highest BCUT2D eigenvalue weighted by atomic mass is 16.5. The van der Waals surface area contributed by atoms with Gasteiger partial charge in [-0.2, -0.15) is 0 Å².